The fraction of sp³-hybridized carbons (Fsp3) is 0.435. The van der Waals surface area contributed by atoms with Gasteiger partial charge in [0.05, 0.1) is 31.9 Å². The molecule has 0 saturated heterocycles. The number of ether oxygens (including phenoxy) is 2. The molecule has 3 rings (SSSR count). The number of fused-ring (bicyclic) bond motifs is 1. The maximum Gasteiger partial charge on any atom is 0.225 e. The van der Waals surface area contributed by atoms with Crippen LogP contribution in [0.4, 0.5) is 11.8 Å². The molecule has 172 valence electrons. The molecule has 0 bridgehead atoms. The van der Waals surface area contributed by atoms with E-state index >= 15 is 0 Å². The molecule has 0 aliphatic rings. The van der Waals surface area contributed by atoms with Crippen LogP contribution in [0, 0.1) is 6.92 Å². The average molecular weight is 460 g/mol. The first-order valence-corrected chi connectivity index (χ1v) is 11.0. The van der Waals surface area contributed by atoms with Crippen LogP contribution in [0.15, 0.2) is 24.3 Å². The van der Waals surface area contributed by atoms with Gasteiger partial charge in [-0.3, -0.25) is 0 Å². The van der Waals surface area contributed by atoms with Crippen LogP contribution in [0.2, 0.25) is 5.02 Å². The zero-order valence-electron chi connectivity index (χ0n) is 18.9. The number of halogens is 1. The van der Waals surface area contributed by atoms with Crippen LogP contribution in [0.3, 0.4) is 0 Å². The Bertz CT molecular complexity index is 1060. The van der Waals surface area contributed by atoms with Gasteiger partial charge in [0.2, 0.25) is 5.95 Å². The molecule has 0 aliphatic heterocycles. The monoisotopic (exact) mass is 459 g/mol. The van der Waals surface area contributed by atoms with Gasteiger partial charge in [0.15, 0.2) is 5.82 Å². The highest BCUT2D eigenvalue weighted by atomic mass is 35.5. The molecule has 32 heavy (non-hydrogen) atoms. The first-order valence-electron chi connectivity index (χ1n) is 10.7. The number of nitrogens with one attached hydrogen (secondary N) is 2. The van der Waals surface area contributed by atoms with E-state index in [2.05, 4.69) is 32.5 Å². The van der Waals surface area contributed by atoms with Gasteiger partial charge >= 0.3 is 0 Å². The molecule has 0 saturated carbocycles. The highest BCUT2D eigenvalue weighted by molar-refractivity contribution is 6.35. The van der Waals surface area contributed by atoms with Gasteiger partial charge in [-0.2, -0.15) is 4.98 Å². The van der Waals surface area contributed by atoms with Crippen molar-refractivity contribution in [3.63, 3.8) is 0 Å². The Morgan fingerprint density at radius 1 is 1.09 bits per heavy atom. The van der Waals surface area contributed by atoms with E-state index in [4.69, 9.17) is 21.1 Å². The molecule has 2 heterocycles. The molecule has 3 aromatic rings. The number of aryl methyl sites for hydroxylation is 1. The van der Waals surface area contributed by atoms with Crippen LogP contribution >= 0.6 is 11.6 Å². The van der Waals surface area contributed by atoms with E-state index in [0.717, 1.165) is 36.3 Å². The van der Waals surface area contributed by atoms with Gasteiger partial charge in [0, 0.05) is 23.9 Å². The molecule has 0 radical (unpaired) electrons. The van der Waals surface area contributed by atoms with Gasteiger partial charge in [0.1, 0.15) is 22.5 Å². The predicted octanol–water partition coefficient (Wildman–Crippen LogP) is 4.58. The van der Waals surface area contributed by atoms with E-state index in [0.29, 0.717) is 40.1 Å². The Hall–Kier alpha value is -2.84. The van der Waals surface area contributed by atoms with E-state index in [-0.39, 0.29) is 12.6 Å². The third-order valence-electron chi connectivity index (χ3n) is 5.13. The molecule has 2 aromatic heterocycles. The first-order chi connectivity index (χ1) is 15.5. The molecule has 1 atom stereocenters. The predicted molar refractivity (Wildman–Crippen MR) is 128 cm³/mol. The molecular formula is C23H30ClN5O3. The molecule has 3 N–H and O–H groups in total. The molecule has 9 heteroatoms. The van der Waals surface area contributed by atoms with Crippen molar-refractivity contribution in [3.8, 4) is 11.5 Å². The van der Waals surface area contributed by atoms with Gasteiger partial charge in [0.25, 0.3) is 0 Å². The normalized spacial score (nSPS) is 11.9. The number of aromatic nitrogens is 3. The third-order valence-corrected chi connectivity index (χ3v) is 5.42. The molecular weight excluding hydrogens is 430 g/mol. The Morgan fingerprint density at radius 3 is 2.59 bits per heavy atom. The second kappa shape index (κ2) is 11.2. The van der Waals surface area contributed by atoms with Crippen LogP contribution < -0.4 is 20.1 Å². The maximum absolute atomic E-state index is 9.82. The Balaban J connectivity index is 1.93. The second-order valence-corrected chi connectivity index (χ2v) is 7.94. The molecule has 0 amide bonds. The first kappa shape index (κ1) is 23.8. The van der Waals surface area contributed by atoms with Crippen molar-refractivity contribution >= 4 is 34.4 Å². The average Bonchev–Trinajstić information content (AvgIpc) is 2.80. The summed E-state index contributed by atoms with van der Waals surface area (Å²) in [5, 5.41) is 16.9. The number of methoxy groups -OCH3 is 2. The number of hydrogen-bond acceptors (Lipinski definition) is 8. The van der Waals surface area contributed by atoms with Gasteiger partial charge < -0.3 is 25.2 Å². The number of anilines is 2. The van der Waals surface area contributed by atoms with E-state index in [1.807, 2.05) is 25.1 Å². The fourth-order valence-electron chi connectivity index (χ4n) is 3.39. The van der Waals surface area contributed by atoms with Crippen molar-refractivity contribution in [1.82, 2.24) is 15.0 Å². The lowest BCUT2D eigenvalue weighted by Crippen LogP contribution is -2.25. The fourth-order valence-corrected chi connectivity index (χ4v) is 3.68. The smallest absolute Gasteiger partial charge is 0.225 e. The molecule has 0 aliphatic carbocycles. The Labute approximate surface area is 193 Å². The number of rotatable bonds is 11. The molecule has 0 fully saturated rings. The number of hydrogen-bond donors (Lipinski definition) is 3. The van der Waals surface area contributed by atoms with Gasteiger partial charge in [-0.1, -0.05) is 31.4 Å². The lowest BCUT2D eigenvalue weighted by Gasteiger charge is -2.19. The molecule has 8 nitrogen and oxygen atoms in total. The largest absolute Gasteiger partial charge is 0.497 e. The minimum absolute atomic E-state index is 0.00312. The number of aliphatic hydroxyl groups is 1. The van der Waals surface area contributed by atoms with E-state index in [9.17, 15) is 5.11 Å². The van der Waals surface area contributed by atoms with Crippen molar-refractivity contribution in [2.24, 2.45) is 0 Å². The SMILES string of the molecule is CCCCC(CO)Nc1nc(NCc2ccc(OC)cc2OC)nc2c(Cl)cc(C)nc12. The van der Waals surface area contributed by atoms with Crippen molar-refractivity contribution in [3.05, 3.63) is 40.5 Å². The lowest BCUT2D eigenvalue weighted by molar-refractivity contribution is 0.267. The summed E-state index contributed by atoms with van der Waals surface area (Å²) in [6.07, 6.45) is 2.86. The van der Waals surface area contributed by atoms with Crippen molar-refractivity contribution in [2.45, 2.75) is 45.7 Å². The summed E-state index contributed by atoms with van der Waals surface area (Å²) in [6.45, 7) is 4.43. The second-order valence-electron chi connectivity index (χ2n) is 7.54. The maximum atomic E-state index is 9.82. The summed E-state index contributed by atoms with van der Waals surface area (Å²) in [5.74, 6) is 2.36. The van der Waals surface area contributed by atoms with Gasteiger partial charge in [-0.05, 0) is 31.5 Å². The molecule has 1 aromatic carbocycles. The molecule has 1 unspecified atom stereocenters. The van der Waals surface area contributed by atoms with Crippen LogP contribution in [0.1, 0.15) is 37.4 Å². The van der Waals surface area contributed by atoms with E-state index < -0.39 is 0 Å². The zero-order valence-corrected chi connectivity index (χ0v) is 19.7. The van der Waals surface area contributed by atoms with Crippen LogP contribution in [-0.4, -0.2) is 46.9 Å². The van der Waals surface area contributed by atoms with Crippen molar-refractivity contribution < 1.29 is 14.6 Å². The van der Waals surface area contributed by atoms with Crippen molar-refractivity contribution in [2.75, 3.05) is 31.5 Å². The zero-order chi connectivity index (χ0) is 23.1. The summed E-state index contributed by atoms with van der Waals surface area (Å²) in [6, 6.07) is 7.27. The van der Waals surface area contributed by atoms with Crippen LogP contribution in [0.25, 0.3) is 11.0 Å². The number of aliphatic hydroxyl groups excluding tert-OH is 1. The number of benzene rings is 1. The summed E-state index contributed by atoms with van der Waals surface area (Å²) < 4.78 is 10.7. The minimum atomic E-state index is -0.135. The van der Waals surface area contributed by atoms with Gasteiger partial charge in [-0.25, -0.2) is 9.97 Å². The molecule has 0 spiro atoms. The third kappa shape index (κ3) is 5.69. The standard InChI is InChI=1S/C23H30ClN5O3/c1-5-6-7-16(13-30)27-22-21-20(18(24)10-14(2)26-21)28-23(29-22)25-12-15-8-9-17(31-3)11-19(15)32-4/h8-11,16,30H,5-7,12-13H2,1-4H3,(H2,25,27,28,29). The Kier molecular flexibility index (Phi) is 8.30. The van der Waals surface area contributed by atoms with Crippen LogP contribution in [0.5, 0.6) is 11.5 Å². The lowest BCUT2D eigenvalue weighted by atomic mass is 10.1. The summed E-state index contributed by atoms with van der Waals surface area (Å²) in [5.41, 5.74) is 2.83. The van der Waals surface area contributed by atoms with Gasteiger partial charge in [-0.15, -0.1) is 0 Å². The summed E-state index contributed by atoms with van der Waals surface area (Å²) >= 11 is 6.49. The highest BCUT2D eigenvalue weighted by Crippen LogP contribution is 2.29. The van der Waals surface area contributed by atoms with Crippen molar-refractivity contribution in [1.29, 1.82) is 0 Å². The minimum Gasteiger partial charge on any atom is -0.497 e. The quantitative estimate of drug-likeness (QED) is 0.383. The summed E-state index contributed by atoms with van der Waals surface area (Å²) in [7, 11) is 3.23. The topological polar surface area (TPSA) is 101 Å². The van der Waals surface area contributed by atoms with E-state index in [1.165, 1.54) is 0 Å². The number of pyridine rings is 1. The van der Waals surface area contributed by atoms with Crippen LogP contribution in [-0.2, 0) is 6.54 Å². The van der Waals surface area contributed by atoms with E-state index in [1.54, 1.807) is 20.3 Å². The number of unbranched alkanes of at least 4 members (excludes halogenated alkanes) is 1. The Morgan fingerprint density at radius 2 is 1.91 bits per heavy atom. The number of nitrogens with zero attached hydrogens (tertiary/aromatic N) is 3. The highest BCUT2D eigenvalue weighted by Gasteiger charge is 2.16. The summed E-state index contributed by atoms with van der Waals surface area (Å²) in [4.78, 5) is 13.8.